The first-order valence-electron chi connectivity index (χ1n) is 5.18. The molecule has 17 heavy (non-hydrogen) atoms. The minimum Gasteiger partial charge on any atom is -0.369 e. The van der Waals surface area contributed by atoms with Crippen LogP contribution in [0.4, 0.5) is 0 Å². The lowest BCUT2D eigenvalue weighted by atomic mass is 10.1. The second-order valence-corrected chi connectivity index (χ2v) is 3.71. The number of aromatic nitrogens is 2. The van der Waals surface area contributed by atoms with Crippen LogP contribution in [0.1, 0.15) is 11.4 Å². The van der Waals surface area contributed by atoms with Crippen LogP contribution in [0.15, 0.2) is 36.7 Å². The summed E-state index contributed by atoms with van der Waals surface area (Å²) in [7, 11) is 0. The van der Waals surface area contributed by atoms with E-state index in [1.54, 1.807) is 18.5 Å². The van der Waals surface area contributed by atoms with Crippen LogP contribution in [0, 0.1) is 13.3 Å². The number of hydrogen-bond donors (Lipinski definition) is 1. The van der Waals surface area contributed by atoms with Gasteiger partial charge in [-0.1, -0.05) is 12.1 Å². The fourth-order valence-electron chi connectivity index (χ4n) is 1.45. The van der Waals surface area contributed by atoms with Crippen molar-refractivity contribution >= 4 is 5.91 Å². The Balaban J connectivity index is 2.23. The Kier molecular flexibility index (Phi) is 3.14. The molecule has 1 radical (unpaired) electrons. The zero-order chi connectivity index (χ0) is 12.3. The number of aryl methyl sites for hydroxylation is 1. The van der Waals surface area contributed by atoms with Gasteiger partial charge in [-0.25, -0.2) is 0 Å². The van der Waals surface area contributed by atoms with E-state index in [1.165, 1.54) is 6.42 Å². The number of amides is 1. The van der Waals surface area contributed by atoms with Gasteiger partial charge in [-0.2, -0.15) is 0 Å². The van der Waals surface area contributed by atoms with Crippen molar-refractivity contribution in [1.82, 2.24) is 9.97 Å². The van der Waals surface area contributed by atoms with Gasteiger partial charge in [0.15, 0.2) is 0 Å². The maximum absolute atomic E-state index is 10.7. The van der Waals surface area contributed by atoms with Crippen molar-refractivity contribution in [3.63, 3.8) is 0 Å². The predicted octanol–water partition coefficient (Wildman–Crippen LogP) is 1.49. The molecule has 1 amide bonds. The maximum Gasteiger partial charge on any atom is 0.227 e. The number of primary amides is 1. The zero-order valence-corrected chi connectivity index (χ0v) is 9.42. The molecule has 4 nitrogen and oxygen atoms in total. The molecule has 0 aliphatic rings. The molecule has 0 aromatic carbocycles. The fourth-order valence-corrected chi connectivity index (χ4v) is 1.45. The third-order valence-electron chi connectivity index (χ3n) is 2.32. The first-order chi connectivity index (χ1) is 8.15. The number of hydrogen-bond acceptors (Lipinski definition) is 3. The lowest BCUT2D eigenvalue weighted by Crippen LogP contribution is -2.12. The summed E-state index contributed by atoms with van der Waals surface area (Å²) in [6, 6.07) is 7.56. The molecule has 2 heterocycles. The number of carbonyl (C=O) groups excluding carboxylic acids is 1. The largest absolute Gasteiger partial charge is 0.369 e. The number of carbonyl (C=O) groups is 1. The van der Waals surface area contributed by atoms with Gasteiger partial charge in [0, 0.05) is 29.2 Å². The number of rotatable bonds is 3. The molecule has 0 bridgehead atoms. The summed E-state index contributed by atoms with van der Waals surface area (Å²) in [5.41, 5.74) is 8.53. The Hall–Kier alpha value is -2.23. The van der Waals surface area contributed by atoms with Crippen LogP contribution >= 0.6 is 0 Å². The highest BCUT2D eigenvalue weighted by atomic mass is 16.1. The van der Waals surface area contributed by atoms with Crippen molar-refractivity contribution in [3.8, 4) is 11.1 Å². The summed E-state index contributed by atoms with van der Waals surface area (Å²) in [5.74, 6) is -0.498. The second-order valence-electron chi connectivity index (χ2n) is 3.71. The zero-order valence-electron chi connectivity index (χ0n) is 9.42. The predicted molar refractivity (Wildman–Crippen MR) is 64.8 cm³/mol. The smallest absolute Gasteiger partial charge is 0.227 e. The summed E-state index contributed by atoms with van der Waals surface area (Å²) in [4.78, 5) is 19.0. The second kappa shape index (κ2) is 4.74. The molecular formula is C13H12N3O. The van der Waals surface area contributed by atoms with Crippen LogP contribution in [0.5, 0.6) is 0 Å². The van der Waals surface area contributed by atoms with Crippen molar-refractivity contribution in [2.75, 3.05) is 0 Å². The van der Waals surface area contributed by atoms with Crippen LogP contribution in [-0.4, -0.2) is 15.9 Å². The summed E-state index contributed by atoms with van der Waals surface area (Å²) in [6.07, 6.45) is 4.78. The average molecular weight is 226 g/mol. The van der Waals surface area contributed by atoms with Crippen molar-refractivity contribution < 1.29 is 4.79 Å². The topological polar surface area (TPSA) is 68.9 Å². The first kappa shape index (κ1) is 11.3. The van der Waals surface area contributed by atoms with Gasteiger partial charge in [0.05, 0.1) is 12.1 Å². The standard InChI is InChI=1S/C13H12N3O/c1-9-2-3-10(7-15-9)11-4-5-12(16-8-11)6-13(14)17/h2-8H,1H3,(H2,14,17). The maximum atomic E-state index is 10.7. The molecule has 0 fully saturated rings. The molecule has 0 saturated carbocycles. The Labute approximate surface area is 99.5 Å². The van der Waals surface area contributed by atoms with Gasteiger partial charge in [0.25, 0.3) is 0 Å². The van der Waals surface area contributed by atoms with Crippen LogP contribution in [0.2, 0.25) is 0 Å². The van der Waals surface area contributed by atoms with Crippen LogP contribution < -0.4 is 5.73 Å². The molecule has 2 N–H and O–H groups in total. The fraction of sp³-hybridized carbons (Fsp3) is 0.0769. The lowest BCUT2D eigenvalue weighted by molar-refractivity contribution is -0.114. The minimum atomic E-state index is -0.498. The molecule has 0 spiro atoms. The highest BCUT2D eigenvalue weighted by Crippen LogP contribution is 2.17. The number of nitrogens with zero attached hydrogens (tertiary/aromatic N) is 2. The van der Waals surface area contributed by atoms with Gasteiger partial charge in [-0.05, 0) is 19.1 Å². The SMILES string of the molecule is Cc1ccc(-c2ccc([CH]C(N)=O)nc2)cn1. The number of pyridine rings is 2. The highest BCUT2D eigenvalue weighted by Gasteiger charge is 2.02. The normalized spacial score (nSPS) is 10.2. The molecule has 0 atom stereocenters. The summed E-state index contributed by atoms with van der Waals surface area (Å²) >= 11 is 0. The quantitative estimate of drug-likeness (QED) is 0.862. The van der Waals surface area contributed by atoms with Crippen molar-refractivity contribution in [2.45, 2.75) is 6.92 Å². The Morgan fingerprint density at radius 3 is 2.24 bits per heavy atom. The molecule has 4 heteroatoms. The van der Waals surface area contributed by atoms with Crippen LogP contribution in [0.3, 0.4) is 0 Å². The van der Waals surface area contributed by atoms with Gasteiger partial charge in [-0.15, -0.1) is 0 Å². The summed E-state index contributed by atoms with van der Waals surface area (Å²) in [5, 5.41) is 0. The molecule has 0 aliphatic heterocycles. The minimum absolute atomic E-state index is 0.498. The van der Waals surface area contributed by atoms with E-state index < -0.39 is 5.91 Å². The monoisotopic (exact) mass is 226 g/mol. The Morgan fingerprint density at radius 1 is 1.12 bits per heavy atom. The lowest BCUT2D eigenvalue weighted by Gasteiger charge is -2.02. The molecule has 2 rings (SSSR count). The third-order valence-corrected chi connectivity index (χ3v) is 2.32. The Morgan fingerprint density at radius 2 is 1.76 bits per heavy atom. The molecule has 0 unspecified atom stereocenters. The molecule has 85 valence electrons. The van der Waals surface area contributed by atoms with E-state index in [1.807, 2.05) is 25.1 Å². The average Bonchev–Trinajstić information content (AvgIpc) is 2.30. The first-order valence-corrected chi connectivity index (χ1v) is 5.18. The number of nitrogens with two attached hydrogens (primary N) is 1. The molecule has 0 aliphatic carbocycles. The summed E-state index contributed by atoms with van der Waals surface area (Å²) in [6.45, 7) is 1.94. The molecular weight excluding hydrogens is 214 g/mol. The molecule has 2 aromatic heterocycles. The van der Waals surface area contributed by atoms with Crippen molar-refractivity contribution in [1.29, 1.82) is 0 Å². The van der Waals surface area contributed by atoms with E-state index in [-0.39, 0.29) is 0 Å². The highest BCUT2D eigenvalue weighted by molar-refractivity contribution is 5.86. The van der Waals surface area contributed by atoms with E-state index in [0.717, 1.165) is 16.8 Å². The summed E-state index contributed by atoms with van der Waals surface area (Å²) < 4.78 is 0. The third kappa shape index (κ3) is 2.87. The van der Waals surface area contributed by atoms with E-state index in [2.05, 4.69) is 9.97 Å². The molecule has 0 saturated heterocycles. The van der Waals surface area contributed by atoms with Crippen LogP contribution in [-0.2, 0) is 4.79 Å². The van der Waals surface area contributed by atoms with Crippen molar-refractivity contribution in [3.05, 3.63) is 54.5 Å². The van der Waals surface area contributed by atoms with Gasteiger partial charge < -0.3 is 5.73 Å². The van der Waals surface area contributed by atoms with E-state index in [0.29, 0.717) is 5.69 Å². The van der Waals surface area contributed by atoms with Crippen LogP contribution in [0.25, 0.3) is 11.1 Å². The van der Waals surface area contributed by atoms with E-state index in [9.17, 15) is 4.79 Å². The van der Waals surface area contributed by atoms with E-state index >= 15 is 0 Å². The van der Waals surface area contributed by atoms with Gasteiger partial charge in [0.1, 0.15) is 0 Å². The van der Waals surface area contributed by atoms with Gasteiger partial charge in [-0.3, -0.25) is 14.8 Å². The van der Waals surface area contributed by atoms with E-state index in [4.69, 9.17) is 5.73 Å². The Bertz CT molecular complexity index is 517. The van der Waals surface area contributed by atoms with Gasteiger partial charge >= 0.3 is 0 Å². The molecule has 2 aromatic rings. The van der Waals surface area contributed by atoms with Crippen molar-refractivity contribution in [2.24, 2.45) is 5.73 Å². The van der Waals surface area contributed by atoms with Gasteiger partial charge in [0.2, 0.25) is 5.91 Å².